The van der Waals surface area contributed by atoms with E-state index < -0.39 is 0 Å². The normalized spacial score (nSPS) is 33.6. The molecule has 2 bridgehead atoms. The molecule has 0 aromatic carbocycles. The summed E-state index contributed by atoms with van der Waals surface area (Å²) >= 11 is 0. The van der Waals surface area contributed by atoms with Crippen LogP contribution in [-0.2, 0) is 9.59 Å². The molecule has 22 heavy (non-hydrogen) atoms. The molecule has 3 rings (SSSR count). The van der Waals surface area contributed by atoms with Gasteiger partial charge in [-0.1, -0.05) is 19.3 Å². The molecule has 0 heterocycles. The van der Waals surface area contributed by atoms with Crippen molar-refractivity contribution in [1.29, 1.82) is 0 Å². The highest BCUT2D eigenvalue weighted by Crippen LogP contribution is 2.49. The summed E-state index contributed by atoms with van der Waals surface area (Å²) in [5.74, 6) is 2.61. The number of carbonyl (C=O) groups is 2. The molecule has 0 aromatic heterocycles. The highest BCUT2D eigenvalue weighted by molar-refractivity contribution is 5.87. The minimum Gasteiger partial charge on any atom is -0.352 e. The summed E-state index contributed by atoms with van der Waals surface area (Å²) < 4.78 is 0. The summed E-state index contributed by atoms with van der Waals surface area (Å²) in [5, 5.41) is 6.14. The lowest BCUT2D eigenvalue weighted by atomic mass is 9.83. The number of hydrogen-bond acceptors (Lipinski definition) is 2. The van der Waals surface area contributed by atoms with Gasteiger partial charge in [0.2, 0.25) is 11.8 Å². The number of fused-ring (bicyclic) bond motifs is 2. The first-order valence-corrected chi connectivity index (χ1v) is 9.12. The van der Waals surface area contributed by atoms with E-state index in [1.165, 1.54) is 45.4 Å². The number of rotatable bonds is 5. The summed E-state index contributed by atoms with van der Waals surface area (Å²) in [4.78, 5) is 24.2. The molecule has 124 valence electrons. The van der Waals surface area contributed by atoms with Gasteiger partial charge >= 0.3 is 0 Å². The van der Waals surface area contributed by atoms with Gasteiger partial charge in [-0.25, -0.2) is 0 Å². The second-order valence-corrected chi connectivity index (χ2v) is 7.86. The van der Waals surface area contributed by atoms with Gasteiger partial charge in [0.15, 0.2) is 0 Å². The minimum absolute atomic E-state index is 0.0392. The molecule has 3 aliphatic rings. The standard InChI is InChI=1S/C18H30N2O2/c1-11(16-10-13-7-8-15(16)9-13)19-18(22)17(20-12(2)21)14-5-3-4-6-14/h11,13-17H,3-10H2,1-2H3,(H,19,22)(H,20,21). The molecular formula is C18H30N2O2. The van der Waals surface area contributed by atoms with Gasteiger partial charge in [0.1, 0.15) is 6.04 Å². The Hall–Kier alpha value is -1.06. The smallest absolute Gasteiger partial charge is 0.243 e. The van der Waals surface area contributed by atoms with Gasteiger partial charge in [0.25, 0.3) is 0 Å². The topological polar surface area (TPSA) is 58.2 Å². The van der Waals surface area contributed by atoms with E-state index in [2.05, 4.69) is 17.6 Å². The highest BCUT2D eigenvalue weighted by Gasteiger charge is 2.42. The van der Waals surface area contributed by atoms with Crippen molar-refractivity contribution in [1.82, 2.24) is 10.6 Å². The Labute approximate surface area is 133 Å². The molecule has 0 radical (unpaired) electrons. The molecule has 0 aliphatic heterocycles. The molecule has 0 saturated heterocycles. The lowest BCUT2D eigenvalue weighted by Gasteiger charge is -2.31. The van der Waals surface area contributed by atoms with Crippen LogP contribution in [0.2, 0.25) is 0 Å². The Kier molecular flexibility index (Phi) is 4.74. The van der Waals surface area contributed by atoms with Crippen LogP contribution in [-0.4, -0.2) is 23.9 Å². The van der Waals surface area contributed by atoms with Crippen LogP contribution in [0.15, 0.2) is 0 Å². The molecule has 3 saturated carbocycles. The van der Waals surface area contributed by atoms with Gasteiger partial charge < -0.3 is 10.6 Å². The van der Waals surface area contributed by atoms with Gasteiger partial charge in [0, 0.05) is 13.0 Å². The predicted octanol–water partition coefficient (Wildman–Crippen LogP) is 2.62. The summed E-state index contributed by atoms with van der Waals surface area (Å²) in [7, 11) is 0. The number of nitrogens with one attached hydrogen (secondary N) is 2. The van der Waals surface area contributed by atoms with Crippen molar-refractivity contribution in [3.05, 3.63) is 0 Å². The third-order valence-corrected chi connectivity index (χ3v) is 6.32. The minimum atomic E-state index is -0.332. The van der Waals surface area contributed by atoms with E-state index in [9.17, 15) is 9.59 Å². The molecule has 3 aliphatic carbocycles. The lowest BCUT2D eigenvalue weighted by molar-refractivity contribution is -0.130. The van der Waals surface area contributed by atoms with Crippen molar-refractivity contribution >= 4 is 11.8 Å². The summed E-state index contributed by atoms with van der Waals surface area (Å²) in [6.45, 7) is 3.66. The van der Waals surface area contributed by atoms with Crippen molar-refractivity contribution in [2.75, 3.05) is 0 Å². The van der Waals surface area contributed by atoms with Gasteiger partial charge in [-0.2, -0.15) is 0 Å². The van der Waals surface area contributed by atoms with E-state index in [1.54, 1.807) is 0 Å². The molecule has 4 nitrogen and oxygen atoms in total. The van der Waals surface area contributed by atoms with Crippen molar-refractivity contribution in [2.45, 2.75) is 77.3 Å². The Balaban J connectivity index is 1.59. The fourth-order valence-corrected chi connectivity index (χ4v) is 5.23. The summed E-state index contributed by atoms with van der Waals surface area (Å²) in [6.07, 6.45) is 9.84. The fourth-order valence-electron chi connectivity index (χ4n) is 5.23. The number of amides is 2. The molecule has 5 unspecified atom stereocenters. The Bertz CT molecular complexity index is 431. The monoisotopic (exact) mass is 306 g/mol. The zero-order valence-corrected chi connectivity index (χ0v) is 13.9. The van der Waals surface area contributed by atoms with Crippen molar-refractivity contribution in [3.63, 3.8) is 0 Å². The maximum atomic E-state index is 12.7. The number of carbonyl (C=O) groups excluding carboxylic acids is 2. The zero-order chi connectivity index (χ0) is 15.7. The summed E-state index contributed by atoms with van der Waals surface area (Å²) in [5.41, 5.74) is 0. The molecule has 0 aromatic rings. The molecule has 0 spiro atoms. The van der Waals surface area contributed by atoms with Crippen LogP contribution < -0.4 is 10.6 Å². The van der Waals surface area contributed by atoms with Crippen molar-refractivity contribution in [2.24, 2.45) is 23.7 Å². The van der Waals surface area contributed by atoms with Crippen LogP contribution in [0.1, 0.15) is 65.2 Å². The molecule has 5 atom stereocenters. The first kappa shape index (κ1) is 15.8. The fraction of sp³-hybridized carbons (Fsp3) is 0.889. The van der Waals surface area contributed by atoms with Crippen LogP contribution in [0.4, 0.5) is 0 Å². The maximum Gasteiger partial charge on any atom is 0.243 e. The molecule has 4 heteroatoms. The van der Waals surface area contributed by atoms with Gasteiger partial charge in [0.05, 0.1) is 0 Å². The third kappa shape index (κ3) is 3.31. The number of hydrogen-bond donors (Lipinski definition) is 2. The maximum absolute atomic E-state index is 12.7. The van der Waals surface area contributed by atoms with Crippen LogP contribution in [0.5, 0.6) is 0 Å². The molecule has 3 fully saturated rings. The zero-order valence-electron chi connectivity index (χ0n) is 13.9. The van der Waals surface area contributed by atoms with Gasteiger partial charge in [-0.3, -0.25) is 9.59 Å². The highest BCUT2D eigenvalue weighted by atomic mass is 16.2. The van der Waals surface area contributed by atoms with E-state index in [1.807, 2.05) is 0 Å². The van der Waals surface area contributed by atoms with Crippen LogP contribution in [0.25, 0.3) is 0 Å². The van der Waals surface area contributed by atoms with E-state index in [0.717, 1.165) is 24.7 Å². The van der Waals surface area contributed by atoms with Gasteiger partial charge in [-0.15, -0.1) is 0 Å². The Morgan fingerprint density at radius 3 is 2.27 bits per heavy atom. The van der Waals surface area contributed by atoms with Crippen molar-refractivity contribution in [3.8, 4) is 0 Å². The quantitative estimate of drug-likeness (QED) is 0.820. The summed E-state index contributed by atoms with van der Waals surface area (Å²) in [6, 6.07) is -0.0958. The van der Waals surface area contributed by atoms with Crippen LogP contribution in [0.3, 0.4) is 0 Å². The molecule has 2 N–H and O–H groups in total. The first-order valence-electron chi connectivity index (χ1n) is 9.12. The first-order chi connectivity index (χ1) is 10.5. The average molecular weight is 306 g/mol. The molecular weight excluding hydrogens is 276 g/mol. The molecule has 2 amide bonds. The second-order valence-electron chi connectivity index (χ2n) is 7.86. The van der Waals surface area contributed by atoms with Crippen LogP contribution >= 0.6 is 0 Å². The van der Waals surface area contributed by atoms with Crippen LogP contribution in [0, 0.1) is 23.7 Å². The Morgan fingerprint density at radius 1 is 1.00 bits per heavy atom. The van der Waals surface area contributed by atoms with E-state index in [4.69, 9.17) is 0 Å². The second kappa shape index (κ2) is 6.59. The Morgan fingerprint density at radius 2 is 1.73 bits per heavy atom. The van der Waals surface area contributed by atoms with E-state index >= 15 is 0 Å². The lowest BCUT2D eigenvalue weighted by Crippen LogP contribution is -2.53. The van der Waals surface area contributed by atoms with Gasteiger partial charge in [-0.05, 0) is 62.7 Å². The van der Waals surface area contributed by atoms with E-state index in [-0.39, 0.29) is 23.9 Å². The largest absolute Gasteiger partial charge is 0.352 e. The third-order valence-electron chi connectivity index (χ3n) is 6.32. The predicted molar refractivity (Wildman–Crippen MR) is 86.1 cm³/mol. The average Bonchev–Trinajstić information content (AvgIpc) is 3.20. The van der Waals surface area contributed by atoms with E-state index in [0.29, 0.717) is 11.8 Å². The SMILES string of the molecule is CC(=O)NC(C(=O)NC(C)C1CC2CCC1C2)C1CCCC1. The van der Waals surface area contributed by atoms with Crippen molar-refractivity contribution < 1.29 is 9.59 Å².